The lowest BCUT2D eigenvalue weighted by Crippen LogP contribution is -2.64. The molecule has 408 valence electrons. The summed E-state index contributed by atoms with van der Waals surface area (Å²) in [5, 5.41) is 0. The molecule has 8 aromatic carbocycles. The van der Waals surface area contributed by atoms with Crippen LogP contribution in [0.15, 0.2) is 243 Å². The first-order valence-electron chi connectivity index (χ1n) is 27.3. The van der Waals surface area contributed by atoms with Crippen molar-refractivity contribution in [3.8, 4) is 0 Å². The van der Waals surface area contributed by atoms with E-state index in [1.807, 2.05) is 243 Å². The van der Waals surface area contributed by atoms with Crippen LogP contribution in [0.4, 0.5) is 0 Å². The smallest absolute Gasteiger partial charge is 0.224 e. The summed E-state index contributed by atoms with van der Waals surface area (Å²) in [6.07, 6.45) is -6.80. The summed E-state index contributed by atoms with van der Waals surface area (Å²) in [5.74, 6) is -1.72. The molecule has 0 amide bonds. The van der Waals surface area contributed by atoms with Crippen molar-refractivity contribution in [1.82, 2.24) is 0 Å². The largest absolute Gasteiger partial charge is 0.374 e. The van der Waals surface area contributed by atoms with Gasteiger partial charge < -0.3 is 52.1 Å². The van der Waals surface area contributed by atoms with Gasteiger partial charge in [0, 0.05) is 0 Å². The third-order valence-electron chi connectivity index (χ3n) is 14.0. The first-order valence-corrected chi connectivity index (χ1v) is 27.3. The maximum atomic E-state index is 7.70. The SMILES string of the molecule is c1ccc(COC[C@H]2O[C@@](COCc3ccccc3)(O[C@H]3O[C@H](COCc4ccccc4)[C@@H](OCc4ccccc4)[C@H](OCc4ccccc4)[C@H]3OCc3ccccc3)[C@@H](OCc3ccccc3)[C@@H]2OCc2ccccc2)cc1. The Kier molecular flexibility index (Phi) is 20.8. The molecular formula is C68H70O11. The first-order chi connectivity index (χ1) is 39.1. The molecule has 0 radical (unpaired) electrons. The fourth-order valence-electron chi connectivity index (χ4n) is 9.94. The number of hydrogen-bond donors (Lipinski definition) is 0. The van der Waals surface area contributed by atoms with Crippen LogP contribution in [0.2, 0.25) is 0 Å². The Hall–Kier alpha value is -6.68. The van der Waals surface area contributed by atoms with Crippen molar-refractivity contribution in [2.75, 3.05) is 19.8 Å². The second-order valence-electron chi connectivity index (χ2n) is 19.9. The van der Waals surface area contributed by atoms with E-state index in [0.717, 1.165) is 44.5 Å². The Morgan fingerprint density at radius 3 is 0.987 bits per heavy atom. The first kappa shape index (κ1) is 55.6. The highest BCUT2D eigenvalue weighted by atomic mass is 16.8. The molecule has 2 fully saturated rings. The van der Waals surface area contributed by atoms with Gasteiger partial charge >= 0.3 is 0 Å². The molecule has 8 aromatic rings. The number of hydrogen-bond acceptors (Lipinski definition) is 11. The van der Waals surface area contributed by atoms with E-state index < -0.39 is 54.8 Å². The van der Waals surface area contributed by atoms with Gasteiger partial charge in [0.1, 0.15) is 49.3 Å². The summed E-state index contributed by atoms with van der Waals surface area (Å²) < 4.78 is 78.1. The lowest BCUT2D eigenvalue weighted by molar-refractivity contribution is -0.398. The molecule has 0 aliphatic carbocycles. The van der Waals surface area contributed by atoms with E-state index in [4.69, 9.17) is 52.1 Å². The van der Waals surface area contributed by atoms with Crippen molar-refractivity contribution in [2.24, 2.45) is 0 Å². The lowest BCUT2D eigenvalue weighted by atomic mass is 9.97. The number of ether oxygens (including phenoxy) is 11. The standard InChI is InChI=1S/C68H70O11/c1-9-25-52(26-10-1)41-69-49-60-62(72-44-55-31-15-4-16-32-55)64(74-46-57-35-19-6-20-36-57)65(75-47-58-37-21-7-22-38-58)67(77-60)79-68(51-71-43-54-29-13-3-14-30-54)66(76-48-59-39-23-8-24-40-59)63(73-45-56-33-17-5-18-34-56)61(78-68)50-70-42-53-27-11-2-12-28-53/h1-40,60-67H,41-51H2/t60-,61-,62-,63-,64+,65-,66+,67-,68+/m1/s1. The summed E-state index contributed by atoms with van der Waals surface area (Å²) in [4.78, 5) is 0. The molecule has 0 spiro atoms. The van der Waals surface area contributed by atoms with Crippen LogP contribution < -0.4 is 0 Å². The Morgan fingerprint density at radius 2 is 0.595 bits per heavy atom. The Morgan fingerprint density at radius 1 is 0.291 bits per heavy atom. The fourth-order valence-corrected chi connectivity index (χ4v) is 9.94. The van der Waals surface area contributed by atoms with E-state index in [0.29, 0.717) is 13.2 Å². The van der Waals surface area contributed by atoms with Crippen molar-refractivity contribution in [1.29, 1.82) is 0 Å². The minimum Gasteiger partial charge on any atom is -0.374 e. The zero-order valence-corrected chi connectivity index (χ0v) is 44.5. The predicted molar refractivity (Wildman–Crippen MR) is 301 cm³/mol. The van der Waals surface area contributed by atoms with Crippen LogP contribution in [0, 0.1) is 0 Å². The van der Waals surface area contributed by atoms with Gasteiger partial charge in [-0.2, -0.15) is 0 Å². The normalized spacial score (nSPS) is 22.9. The second-order valence-corrected chi connectivity index (χ2v) is 19.9. The highest BCUT2D eigenvalue weighted by Crippen LogP contribution is 2.42. The van der Waals surface area contributed by atoms with E-state index in [1.54, 1.807) is 0 Å². The van der Waals surface area contributed by atoms with Gasteiger partial charge in [-0.05, 0) is 44.5 Å². The van der Waals surface area contributed by atoms with Crippen molar-refractivity contribution in [2.45, 2.75) is 108 Å². The fraction of sp³-hybridized carbons (Fsp3) is 0.294. The van der Waals surface area contributed by atoms with Gasteiger partial charge in [0.2, 0.25) is 5.79 Å². The molecule has 0 unspecified atom stereocenters. The van der Waals surface area contributed by atoms with E-state index in [1.165, 1.54) is 0 Å². The monoisotopic (exact) mass is 1060 g/mol. The van der Waals surface area contributed by atoms with Gasteiger partial charge in [-0.15, -0.1) is 0 Å². The molecule has 10 rings (SSSR count). The molecule has 79 heavy (non-hydrogen) atoms. The number of benzene rings is 8. The third kappa shape index (κ3) is 16.2. The molecule has 0 bridgehead atoms. The quantitative estimate of drug-likeness (QED) is 0.0448. The average molecular weight is 1060 g/mol. The predicted octanol–water partition coefficient (Wildman–Crippen LogP) is 12.4. The third-order valence-corrected chi connectivity index (χ3v) is 14.0. The van der Waals surface area contributed by atoms with E-state index in [9.17, 15) is 0 Å². The zero-order valence-electron chi connectivity index (χ0n) is 44.5. The highest BCUT2D eigenvalue weighted by Gasteiger charge is 2.62. The summed E-state index contributed by atoms with van der Waals surface area (Å²) >= 11 is 0. The minimum atomic E-state index is -1.72. The lowest BCUT2D eigenvalue weighted by Gasteiger charge is -2.48. The highest BCUT2D eigenvalue weighted by molar-refractivity contribution is 5.20. The van der Waals surface area contributed by atoms with Gasteiger partial charge in [0.15, 0.2) is 6.29 Å². The van der Waals surface area contributed by atoms with Crippen LogP contribution in [0.1, 0.15) is 44.5 Å². The van der Waals surface area contributed by atoms with Gasteiger partial charge in [-0.1, -0.05) is 243 Å². The zero-order chi connectivity index (χ0) is 53.6. The molecule has 2 heterocycles. The maximum Gasteiger partial charge on any atom is 0.224 e. The molecule has 2 aliphatic rings. The van der Waals surface area contributed by atoms with Crippen LogP contribution in [0.5, 0.6) is 0 Å². The van der Waals surface area contributed by atoms with Gasteiger partial charge in [0.05, 0.1) is 66.1 Å². The van der Waals surface area contributed by atoms with Crippen molar-refractivity contribution in [3.05, 3.63) is 287 Å². The van der Waals surface area contributed by atoms with Crippen LogP contribution >= 0.6 is 0 Å². The second kappa shape index (κ2) is 29.5. The topological polar surface area (TPSA) is 102 Å². The molecular weight excluding hydrogens is 993 g/mol. The van der Waals surface area contributed by atoms with Crippen molar-refractivity contribution >= 4 is 0 Å². The molecule has 11 nitrogen and oxygen atoms in total. The van der Waals surface area contributed by atoms with Crippen LogP contribution in [-0.4, -0.2) is 74.6 Å². The summed E-state index contributed by atoms with van der Waals surface area (Å²) in [6.45, 7) is 2.26. The summed E-state index contributed by atoms with van der Waals surface area (Å²) in [6, 6.07) is 80.5. The summed E-state index contributed by atoms with van der Waals surface area (Å²) in [5.41, 5.74) is 7.86. The minimum absolute atomic E-state index is 0.106. The van der Waals surface area contributed by atoms with Crippen LogP contribution in [0.25, 0.3) is 0 Å². The summed E-state index contributed by atoms with van der Waals surface area (Å²) in [7, 11) is 0. The molecule has 0 saturated carbocycles. The van der Waals surface area contributed by atoms with E-state index in [2.05, 4.69) is 0 Å². The van der Waals surface area contributed by atoms with Gasteiger partial charge in [-0.25, -0.2) is 0 Å². The molecule has 2 saturated heterocycles. The Labute approximate surface area is 464 Å². The van der Waals surface area contributed by atoms with Gasteiger partial charge in [-0.3, -0.25) is 0 Å². The van der Waals surface area contributed by atoms with Crippen LogP contribution in [0.3, 0.4) is 0 Å². The molecule has 0 N–H and O–H groups in total. The molecule has 0 aromatic heterocycles. The molecule has 9 atom stereocenters. The van der Waals surface area contributed by atoms with Gasteiger partial charge in [0.25, 0.3) is 0 Å². The van der Waals surface area contributed by atoms with E-state index in [-0.39, 0.29) is 59.5 Å². The molecule has 11 heteroatoms. The van der Waals surface area contributed by atoms with Crippen LogP contribution in [-0.2, 0) is 105 Å². The maximum absolute atomic E-state index is 7.70. The Bertz CT molecular complexity index is 2910. The van der Waals surface area contributed by atoms with E-state index >= 15 is 0 Å². The van der Waals surface area contributed by atoms with Crippen molar-refractivity contribution < 1.29 is 52.1 Å². The Balaban J connectivity index is 1.07. The van der Waals surface area contributed by atoms with Crippen molar-refractivity contribution in [3.63, 3.8) is 0 Å². The average Bonchev–Trinajstić information content (AvgIpc) is 4.06. The molecule has 2 aliphatic heterocycles. The number of rotatable bonds is 29.